The van der Waals surface area contributed by atoms with Crippen molar-refractivity contribution >= 4 is 21.6 Å². The SMILES string of the molecule is O=S(=O)(NC1CCc2ncccc2C1)c1cccc(Cl)c1. The highest BCUT2D eigenvalue weighted by molar-refractivity contribution is 7.89. The van der Waals surface area contributed by atoms with Crippen molar-refractivity contribution in [2.75, 3.05) is 0 Å². The normalized spacial score (nSPS) is 18.2. The molecule has 0 aliphatic heterocycles. The predicted octanol–water partition coefficient (Wildman–Crippen LogP) is 2.57. The first-order chi connectivity index (χ1) is 10.0. The average Bonchev–Trinajstić information content (AvgIpc) is 2.47. The first kappa shape index (κ1) is 14.5. The molecule has 0 amide bonds. The Morgan fingerprint density at radius 2 is 2.10 bits per heavy atom. The van der Waals surface area contributed by atoms with Gasteiger partial charge in [0.2, 0.25) is 10.0 Å². The van der Waals surface area contributed by atoms with Gasteiger partial charge in [0, 0.05) is 23.0 Å². The van der Waals surface area contributed by atoms with Crippen molar-refractivity contribution in [1.29, 1.82) is 0 Å². The van der Waals surface area contributed by atoms with Crippen LogP contribution in [0.15, 0.2) is 47.5 Å². The Balaban J connectivity index is 1.78. The van der Waals surface area contributed by atoms with Crippen LogP contribution in [-0.2, 0) is 22.9 Å². The second kappa shape index (κ2) is 5.75. The van der Waals surface area contributed by atoms with Crippen molar-refractivity contribution in [3.8, 4) is 0 Å². The summed E-state index contributed by atoms with van der Waals surface area (Å²) in [6, 6.07) is 10.1. The smallest absolute Gasteiger partial charge is 0.240 e. The van der Waals surface area contributed by atoms with E-state index < -0.39 is 10.0 Å². The molecule has 0 bridgehead atoms. The van der Waals surface area contributed by atoms with E-state index in [1.807, 2.05) is 12.1 Å². The van der Waals surface area contributed by atoms with Crippen LogP contribution in [-0.4, -0.2) is 19.4 Å². The summed E-state index contributed by atoms with van der Waals surface area (Å²) >= 11 is 5.86. The number of aromatic nitrogens is 1. The summed E-state index contributed by atoms with van der Waals surface area (Å²) in [4.78, 5) is 4.53. The molecule has 0 spiro atoms. The Morgan fingerprint density at radius 3 is 2.90 bits per heavy atom. The fourth-order valence-corrected chi connectivity index (χ4v) is 4.15. The summed E-state index contributed by atoms with van der Waals surface area (Å²) in [6.07, 6.45) is 3.99. The number of rotatable bonds is 3. The molecule has 6 heteroatoms. The van der Waals surface area contributed by atoms with E-state index >= 15 is 0 Å². The Morgan fingerprint density at radius 1 is 1.24 bits per heavy atom. The van der Waals surface area contributed by atoms with Crippen molar-refractivity contribution in [2.24, 2.45) is 0 Å². The largest absolute Gasteiger partial charge is 0.261 e. The molecule has 0 radical (unpaired) electrons. The molecule has 110 valence electrons. The fraction of sp³-hybridized carbons (Fsp3) is 0.267. The number of aryl methyl sites for hydroxylation is 1. The van der Waals surface area contributed by atoms with Crippen molar-refractivity contribution in [3.63, 3.8) is 0 Å². The van der Waals surface area contributed by atoms with Crippen molar-refractivity contribution in [2.45, 2.75) is 30.2 Å². The maximum absolute atomic E-state index is 12.4. The molecule has 2 aromatic rings. The fourth-order valence-electron chi connectivity index (χ4n) is 2.58. The van der Waals surface area contributed by atoms with Gasteiger partial charge in [0.15, 0.2) is 0 Å². The van der Waals surface area contributed by atoms with E-state index in [-0.39, 0.29) is 10.9 Å². The first-order valence-corrected chi connectivity index (χ1v) is 8.61. The van der Waals surface area contributed by atoms with Crippen molar-refractivity contribution in [3.05, 3.63) is 58.9 Å². The highest BCUT2D eigenvalue weighted by Gasteiger charge is 2.24. The van der Waals surface area contributed by atoms with Crippen LogP contribution in [0.5, 0.6) is 0 Å². The molecular formula is C15H15ClN2O2S. The van der Waals surface area contributed by atoms with Crippen LogP contribution in [0.1, 0.15) is 17.7 Å². The van der Waals surface area contributed by atoms with E-state index in [1.54, 1.807) is 24.4 Å². The van der Waals surface area contributed by atoms with Gasteiger partial charge in [-0.2, -0.15) is 0 Å². The molecule has 0 saturated heterocycles. The zero-order valence-corrected chi connectivity index (χ0v) is 12.9. The number of benzene rings is 1. The Bertz CT molecular complexity index is 762. The van der Waals surface area contributed by atoms with Gasteiger partial charge >= 0.3 is 0 Å². The van der Waals surface area contributed by atoms with Gasteiger partial charge in [-0.05, 0) is 49.1 Å². The summed E-state index contributed by atoms with van der Waals surface area (Å²) in [5.74, 6) is 0. The summed E-state index contributed by atoms with van der Waals surface area (Å²) in [5.41, 5.74) is 2.18. The highest BCUT2D eigenvalue weighted by Crippen LogP contribution is 2.21. The maximum atomic E-state index is 12.4. The van der Waals surface area contributed by atoms with Gasteiger partial charge in [0.05, 0.1) is 4.90 Å². The molecule has 3 rings (SSSR count). The highest BCUT2D eigenvalue weighted by atomic mass is 35.5. The maximum Gasteiger partial charge on any atom is 0.240 e. The number of sulfonamides is 1. The molecular weight excluding hydrogens is 308 g/mol. The van der Waals surface area contributed by atoms with Crippen LogP contribution >= 0.6 is 11.6 Å². The lowest BCUT2D eigenvalue weighted by Gasteiger charge is -2.24. The molecule has 1 heterocycles. The minimum absolute atomic E-state index is 0.106. The third-order valence-corrected chi connectivity index (χ3v) is 5.36. The molecule has 1 unspecified atom stereocenters. The summed E-state index contributed by atoms with van der Waals surface area (Å²) in [6.45, 7) is 0. The third kappa shape index (κ3) is 3.26. The summed E-state index contributed by atoms with van der Waals surface area (Å²) in [5, 5.41) is 0.413. The average molecular weight is 323 g/mol. The molecule has 1 N–H and O–H groups in total. The number of hydrogen-bond acceptors (Lipinski definition) is 3. The molecule has 1 aromatic heterocycles. The van der Waals surface area contributed by atoms with Gasteiger partial charge in [-0.1, -0.05) is 23.7 Å². The van der Waals surface area contributed by atoms with Crippen LogP contribution in [0.2, 0.25) is 5.02 Å². The van der Waals surface area contributed by atoms with E-state index in [2.05, 4.69) is 9.71 Å². The van der Waals surface area contributed by atoms with E-state index in [0.717, 1.165) is 24.1 Å². The van der Waals surface area contributed by atoms with E-state index in [4.69, 9.17) is 11.6 Å². The molecule has 1 aromatic carbocycles. The van der Waals surface area contributed by atoms with Crippen LogP contribution in [0.25, 0.3) is 0 Å². The van der Waals surface area contributed by atoms with Crippen molar-refractivity contribution in [1.82, 2.24) is 9.71 Å². The van der Waals surface area contributed by atoms with E-state index in [9.17, 15) is 8.42 Å². The van der Waals surface area contributed by atoms with Crippen LogP contribution < -0.4 is 4.72 Å². The minimum Gasteiger partial charge on any atom is -0.261 e. The number of nitrogens with zero attached hydrogens (tertiary/aromatic N) is 1. The second-order valence-corrected chi connectivity index (χ2v) is 7.28. The quantitative estimate of drug-likeness (QED) is 0.944. The topological polar surface area (TPSA) is 59.1 Å². The number of fused-ring (bicyclic) bond motifs is 1. The monoisotopic (exact) mass is 322 g/mol. The minimum atomic E-state index is -3.54. The van der Waals surface area contributed by atoms with E-state index in [0.29, 0.717) is 11.4 Å². The van der Waals surface area contributed by atoms with Gasteiger partial charge < -0.3 is 0 Å². The molecule has 4 nitrogen and oxygen atoms in total. The lowest BCUT2D eigenvalue weighted by molar-refractivity contribution is 0.503. The molecule has 1 aliphatic carbocycles. The lowest BCUT2D eigenvalue weighted by atomic mass is 9.93. The summed E-state index contributed by atoms with van der Waals surface area (Å²) < 4.78 is 27.5. The van der Waals surface area contributed by atoms with Gasteiger partial charge in [-0.3, -0.25) is 4.98 Å². The lowest BCUT2D eigenvalue weighted by Crippen LogP contribution is -2.39. The predicted molar refractivity (Wildman–Crippen MR) is 81.8 cm³/mol. The van der Waals surface area contributed by atoms with Gasteiger partial charge in [-0.15, -0.1) is 0 Å². The van der Waals surface area contributed by atoms with Crippen molar-refractivity contribution < 1.29 is 8.42 Å². The van der Waals surface area contributed by atoms with Gasteiger partial charge in [0.25, 0.3) is 0 Å². The molecule has 0 fully saturated rings. The molecule has 1 aliphatic rings. The van der Waals surface area contributed by atoms with Crippen LogP contribution in [0, 0.1) is 0 Å². The Hall–Kier alpha value is -1.43. The second-order valence-electron chi connectivity index (χ2n) is 5.13. The summed E-state index contributed by atoms with van der Waals surface area (Å²) in [7, 11) is -3.54. The number of pyridine rings is 1. The van der Waals surface area contributed by atoms with Gasteiger partial charge in [-0.25, -0.2) is 13.1 Å². The van der Waals surface area contributed by atoms with Crippen LogP contribution in [0.3, 0.4) is 0 Å². The zero-order valence-electron chi connectivity index (χ0n) is 11.3. The Labute approximate surface area is 129 Å². The molecule has 21 heavy (non-hydrogen) atoms. The zero-order chi connectivity index (χ0) is 14.9. The standard InChI is InChI=1S/C15H15ClN2O2S/c16-12-4-1-5-14(10-12)21(19,20)18-13-6-7-15-11(9-13)3-2-8-17-15/h1-5,8,10,13,18H,6-7,9H2. The van der Waals surface area contributed by atoms with Gasteiger partial charge in [0.1, 0.15) is 0 Å². The van der Waals surface area contributed by atoms with E-state index in [1.165, 1.54) is 6.07 Å². The molecule has 0 saturated carbocycles. The number of nitrogens with one attached hydrogen (secondary N) is 1. The number of hydrogen-bond donors (Lipinski definition) is 1. The Kier molecular flexibility index (Phi) is 3.97. The number of halogens is 1. The first-order valence-electron chi connectivity index (χ1n) is 6.75. The molecule has 1 atom stereocenters. The van der Waals surface area contributed by atoms with Crippen LogP contribution in [0.4, 0.5) is 0 Å². The third-order valence-electron chi connectivity index (χ3n) is 3.61.